The summed E-state index contributed by atoms with van der Waals surface area (Å²) < 4.78 is 21.3. The third kappa shape index (κ3) is 1.53. The number of hydrogen-bond acceptors (Lipinski definition) is 3. The fourth-order valence-corrected chi connectivity index (χ4v) is 1.63. The van der Waals surface area contributed by atoms with Crippen molar-refractivity contribution in [3.63, 3.8) is 0 Å². The zero-order valence-electron chi connectivity index (χ0n) is 6.68. The first kappa shape index (κ1) is 8.19. The van der Waals surface area contributed by atoms with Crippen molar-refractivity contribution in [2.24, 2.45) is 0 Å². The molecule has 1 heterocycles. The van der Waals surface area contributed by atoms with Crippen LogP contribution in [0.4, 0.5) is 0 Å². The largest absolute Gasteiger partial charge is 0.264 e. The van der Waals surface area contributed by atoms with Gasteiger partial charge in [-0.15, -0.1) is 0 Å². The highest BCUT2D eigenvalue weighted by molar-refractivity contribution is 7.72. The summed E-state index contributed by atoms with van der Waals surface area (Å²) in [6.45, 7) is 0. The molecule has 0 unspecified atom stereocenters. The van der Waals surface area contributed by atoms with Crippen LogP contribution >= 0.6 is 0 Å². The van der Waals surface area contributed by atoms with Crippen LogP contribution in [0.2, 0.25) is 0 Å². The molecular weight excluding hydrogens is 186 g/mol. The zero-order valence-corrected chi connectivity index (χ0v) is 7.57. The van der Waals surface area contributed by atoms with E-state index in [0.717, 1.165) is 10.8 Å². The molecule has 0 aliphatic carbocycles. The predicted molar refractivity (Wildman–Crippen MR) is 50.3 cm³/mol. The number of nitrogens with zero attached hydrogens (tertiary/aromatic N) is 1. The molecule has 0 radical (unpaired) electrons. The van der Waals surface area contributed by atoms with Crippen LogP contribution in [0, 0.1) is 0 Å². The molecule has 0 saturated carbocycles. The van der Waals surface area contributed by atoms with Gasteiger partial charge in [0, 0.05) is 17.8 Å². The summed E-state index contributed by atoms with van der Waals surface area (Å²) in [5.41, 5.74) is 0. The lowest BCUT2D eigenvalue weighted by Gasteiger charge is -1.96. The first-order valence-corrected chi connectivity index (χ1v) is 4.93. The molecular formula is C9H7NO2S. The molecule has 3 nitrogen and oxygen atoms in total. The molecule has 0 fully saturated rings. The molecule has 0 bridgehead atoms. The molecule has 0 aliphatic heterocycles. The minimum atomic E-state index is -2.49. The molecule has 2 rings (SSSR count). The second-order valence-corrected chi connectivity index (χ2v) is 3.69. The van der Waals surface area contributed by atoms with Crippen LogP contribution in [0.15, 0.2) is 41.6 Å². The predicted octanol–water partition coefficient (Wildman–Crippen LogP) is 1.21. The maximum atomic E-state index is 10.7. The Labute approximate surface area is 77.0 Å². The van der Waals surface area contributed by atoms with Gasteiger partial charge >= 0.3 is 0 Å². The minimum Gasteiger partial charge on any atom is -0.264 e. The highest BCUT2D eigenvalue weighted by atomic mass is 32.2. The van der Waals surface area contributed by atoms with Gasteiger partial charge in [-0.2, -0.15) is 0 Å². The van der Waals surface area contributed by atoms with Crippen molar-refractivity contribution in [1.29, 1.82) is 0 Å². The van der Waals surface area contributed by atoms with Crippen molar-refractivity contribution in [3.05, 3.63) is 36.7 Å². The Morgan fingerprint density at radius 2 is 1.92 bits per heavy atom. The topological polar surface area (TPSA) is 47.0 Å². The third-order valence-electron chi connectivity index (χ3n) is 1.83. The number of rotatable bonds is 1. The van der Waals surface area contributed by atoms with Crippen molar-refractivity contribution in [3.8, 4) is 0 Å². The van der Waals surface area contributed by atoms with Gasteiger partial charge in [0.05, 0.1) is 4.90 Å². The smallest absolute Gasteiger partial charge is 0.168 e. The van der Waals surface area contributed by atoms with E-state index in [0.29, 0.717) is 4.90 Å². The second kappa shape index (κ2) is 3.14. The first-order valence-electron chi connectivity index (χ1n) is 3.75. The maximum Gasteiger partial charge on any atom is 0.168 e. The van der Waals surface area contributed by atoms with E-state index in [2.05, 4.69) is 4.98 Å². The van der Waals surface area contributed by atoms with Gasteiger partial charge in [-0.25, -0.2) is 8.42 Å². The molecule has 0 amide bonds. The molecule has 2 aromatic rings. The SMILES string of the molecule is O=[SH](=O)c1ccc2cnccc2c1. The van der Waals surface area contributed by atoms with Gasteiger partial charge in [0.25, 0.3) is 0 Å². The van der Waals surface area contributed by atoms with Crippen molar-refractivity contribution in [2.75, 3.05) is 0 Å². The molecule has 0 N–H and O–H groups in total. The Kier molecular flexibility index (Phi) is 1.98. The molecule has 0 spiro atoms. The number of fused-ring (bicyclic) bond motifs is 1. The van der Waals surface area contributed by atoms with E-state index in [1.807, 2.05) is 0 Å². The standard InChI is InChI=1S/C9H7NO2S/c11-13(12)9-2-1-8-6-10-4-3-7(8)5-9/h1-6,13H. The number of hydrogen-bond donors (Lipinski definition) is 1. The fourth-order valence-electron chi connectivity index (χ4n) is 1.18. The highest BCUT2D eigenvalue weighted by Gasteiger charge is 1.96. The second-order valence-electron chi connectivity index (χ2n) is 2.66. The van der Waals surface area contributed by atoms with E-state index in [1.54, 1.807) is 36.7 Å². The summed E-state index contributed by atoms with van der Waals surface area (Å²) in [7, 11) is -2.49. The van der Waals surface area contributed by atoms with Crippen LogP contribution < -0.4 is 0 Å². The van der Waals surface area contributed by atoms with Gasteiger partial charge in [0.1, 0.15) is 0 Å². The summed E-state index contributed by atoms with van der Waals surface area (Å²) >= 11 is 0. The number of pyridine rings is 1. The number of benzene rings is 1. The lowest BCUT2D eigenvalue weighted by molar-refractivity contribution is 0.614. The summed E-state index contributed by atoms with van der Waals surface area (Å²) in [5.74, 6) is 0. The Morgan fingerprint density at radius 3 is 2.69 bits per heavy atom. The summed E-state index contributed by atoms with van der Waals surface area (Å²) in [6, 6.07) is 6.76. The van der Waals surface area contributed by atoms with Crippen molar-refractivity contribution in [2.45, 2.75) is 4.90 Å². The van der Waals surface area contributed by atoms with E-state index >= 15 is 0 Å². The molecule has 1 aromatic carbocycles. The average molecular weight is 193 g/mol. The molecule has 0 saturated heterocycles. The first-order chi connectivity index (χ1) is 6.27. The molecule has 4 heteroatoms. The lowest BCUT2D eigenvalue weighted by Crippen LogP contribution is -1.81. The normalized spacial score (nSPS) is 10.8. The maximum absolute atomic E-state index is 10.7. The quantitative estimate of drug-likeness (QED) is 0.692. The molecule has 0 atom stereocenters. The fraction of sp³-hybridized carbons (Fsp3) is 0. The zero-order chi connectivity index (χ0) is 9.26. The summed E-state index contributed by atoms with van der Waals surface area (Å²) in [4.78, 5) is 4.28. The van der Waals surface area contributed by atoms with E-state index in [9.17, 15) is 8.42 Å². The van der Waals surface area contributed by atoms with Gasteiger partial charge < -0.3 is 0 Å². The number of aromatic nitrogens is 1. The van der Waals surface area contributed by atoms with Crippen molar-refractivity contribution in [1.82, 2.24) is 4.98 Å². The van der Waals surface area contributed by atoms with Crippen LogP contribution in [-0.4, -0.2) is 13.4 Å². The van der Waals surface area contributed by atoms with E-state index in [-0.39, 0.29) is 0 Å². The minimum absolute atomic E-state index is 0.341. The van der Waals surface area contributed by atoms with Crippen LogP contribution in [0.1, 0.15) is 0 Å². The van der Waals surface area contributed by atoms with E-state index in [1.165, 1.54) is 0 Å². The molecule has 0 aliphatic rings. The van der Waals surface area contributed by atoms with Crippen LogP contribution in [0.3, 0.4) is 0 Å². The van der Waals surface area contributed by atoms with E-state index < -0.39 is 10.7 Å². The van der Waals surface area contributed by atoms with Gasteiger partial charge in [0.15, 0.2) is 10.7 Å². The van der Waals surface area contributed by atoms with Gasteiger partial charge in [-0.05, 0) is 23.6 Å². The van der Waals surface area contributed by atoms with Crippen LogP contribution in [-0.2, 0) is 10.7 Å². The van der Waals surface area contributed by atoms with Crippen molar-refractivity contribution >= 4 is 21.5 Å². The monoisotopic (exact) mass is 193 g/mol. The van der Waals surface area contributed by atoms with Crippen molar-refractivity contribution < 1.29 is 8.42 Å². The molecule has 1 aromatic heterocycles. The Balaban J connectivity index is 2.76. The van der Waals surface area contributed by atoms with Gasteiger partial charge in [0.2, 0.25) is 0 Å². The van der Waals surface area contributed by atoms with E-state index in [4.69, 9.17) is 0 Å². The molecule has 66 valence electrons. The third-order valence-corrected chi connectivity index (χ3v) is 2.53. The number of thiol groups is 1. The summed E-state index contributed by atoms with van der Waals surface area (Å²) in [6.07, 6.45) is 3.35. The van der Waals surface area contributed by atoms with Gasteiger partial charge in [-0.3, -0.25) is 4.98 Å². The Bertz CT molecular complexity index is 512. The Morgan fingerprint density at radius 1 is 1.08 bits per heavy atom. The molecule has 13 heavy (non-hydrogen) atoms. The summed E-state index contributed by atoms with van der Waals surface area (Å²) in [5, 5.41) is 1.84. The van der Waals surface area contributed by atoms with Crippen LogP contribution in [0.25, 0.3) is 10.8 Å². The Hall–Kier alpha value is -1.42. The van der Waals surface area contributed by atoms with Gasteiger partial charge in [-0.1, -0.05) is 6.07 Å². The lowest BCUT2D eigenvalue weighted by atomic mass is 10.2. The van der Waals surface area contributed by atoms with Crippen LogP contribution in [0.5, 0.6) is 0 Å². The average Bonchev–Trinajstić information content (AvgIpc) is 2.17. The highest BCUT2D eigenvalue weighted by Crippen LogP contribution is 2.14.